The summed E-state index contributed by atoms with van der Waals surface area (Å²) >= 11 is 0. The van der Waals surface area contributed by atoms with E-state index in [1.807, 2.05) is 25.9 Å². The van der Waals surface area contributed by atoms with Crippen LogP contribution >= 0.6 is 0 Å². The normalized spacial score (nSPS) is 45.1. The Morgan fingerprint density at radius 2 is 1.66 bits per heavy atom. The molecule has 0 aromatic rings. The van der Waals surface area contributed by atoms with Gasteiger partial charge in [-0.15, -0.1) is 6.58 Å². The molecule has 0 saturated carbocycles. The Balaban J connectivity index is 2.65. The number of ketones is 1. The lowest BCUT2D eigenvalue weighted by atomic mass is 9.74. The molecule has 14 atom stereocenters. The number of esters is 1. The lowest BCUT2D eigenvalue weighted by Gasteiger charge is -2.48. The van der Waals surface area contributed by atoms with Crippen LogP contribution in [0.15, 0.2) is 12.7 Å². The lowest BCUT2D eigenvalue weighted by Crippen LogP contribution is -2.60. The number of methoxy groups -OCH3 is 1. The molecule has 0 aromatic carbocycles. The van der Waals surface area contributed by atoms with E-state index >= 15 is 0 Å². The number of hydrogen-bond donors (Lipinski definition) is 3. The van der Waals surface area contributed by atoms with Crippen LogP contribution in [0.5, 0.6) is 0 Å². The van der Waals surface area contributed by atoms with Crippen LogP contribution in [-0.2, 0) is 33.3 Å². The van der Waals surface area contributed by atoms with E-state index in [-0.39, 0.29) is 37.4 Å². The van der Waals surface area contributed by atoms with Gasteiger partial charge in [0.25, 0.3) is 0 Å². The average molecular weight is 630 g/mol. The molecule has 11 heteroatoms. The zero-order valence-corrected chi connectivity index (χ0v) is 28.7. The summed E-state index contributed by atoms with van der Waals surface area (Å²) in [5.41, 5.74) is -2.90. The van der Waals surface area contributed by atoms with Gasteiger partial charge in [0, 0.05) is 30.9 Å². The van der Waals surface area contributed by atoms with Crippen LogP contribution in [0.4, 0.5) is 0 Å². The highest BCUT2D eigenvalue weighted by molar-refractivity contribution is 5.83. The van der Waals surface area contributed by atoms with E-state index in [9.17, 15) is 24.9 Å². The molecule has 3 N–H and O–H groups in total. The van der Waals surface area contributed by atoms with Crippen molar-refractivity contribution < 1.29 is 48.6 Å². The Bertz CT molecular complexity index is 959. The smallest absolute Gasteiger partial charge is 0.311 e. The van der Waals surface area contributed by atoms with Gasteiger partial charge in [-0.1, -0.05) is 33.8 Å². The summed E-state index contributed by atoms with van der Waals surface area (Å²) in [7, 11) is 5.27. The van der Waals surface area contributed by atoms with E-state index in [0.29, 0.717) is 6.42 Å². The first-order valence-electron chi connectivity index (χ1n) is 15.9. The average Bonchev–Trinajstić information content (AvgIpc) is 2.97. The second-order valence-electron chi connectivity index (χ2n) is 13.7. The summed E-state index contributed by atoms with van der Waals surface area (Å²) in [6, 6.07) is -0.238. The predicted molar refractivity (Wildman–Crippen MR) is 166 cm³/mol. The van der Waals surface area contributed by atoms with E-state index in [2.05, 4.69) is 6.58 Å². The zero-order chi connectivity index (χ0) is 33.7. The predicted octanol–water partition coefficient (Wildman–Crippen LogP) is 2.72. The number of nitrogens with zero attached hydrogens (tertiary/aromatic N) is 1. The molecule has 0 aliphatic carbocycles. The molecule has 11 nitrogen and oxygen atoms in total. The van der Waals surface area contributed by atoms with Crippen LogP contribution in [0, 0.1) is 23.7 Å². The van der Waals surface area contributed by atoms with Crippen molar-refractivity contribution in [2.75, 3.05) is 27.8 Å². The van der Waals surface area contributed by atoms with Gasteiger partial charge in [-0.05, 0) is 61.1 Å². The molecule has 2 heterocycles. The summed E-state index contributed by atoms with van der Waals surface area (Å²) in [6.45, 7) is 17.5. The van der Waals surface area contributed by atoms with Crippen molar-refractivity contribution in [2.45, 2.75) is 135 Å². The van der Waals surface area contributed by atoms with Crippen molar-refractivity contribution in [1.29, 1.82) is 0 Å². The highest BCUT2D eigenvalue weighted by Crippen LogP contribution is 2.39. The molecule has 2 aliphatic heterocycles. The molecule has 44 heavy (non-hydrogen) atoms. The Labute approximate surface area is 264 Å². The maximum Gasteiger partial charge on any atom is 0.311 e. The van der Waals surface area contributed by atoms with Crippen molar-refractivity contribution in [3.63, 3.8) is 0 Å². The summed E-state index contributed by atoms with van der Waals surface area (Å²) in [6.07, 6.45) is -3.95. The molecule has 0 amide bonds. The third-order valence-corrected chi connectivity index (χ3v) is 9.88. The number of hydrogen-bond acceptors (Lipinski definition) is 11. The minimum Gasteiger partial charge on any atom is -0.459 e. The van der Waals surface area contributed by atoms with Crippen molar-refractivity contribution >= 4 is 11.8 Å². The topological polar surface area (TPSA) is 144 Å². The first kappa shape index (κ1) is 38.7. The second kappa shape index (κ2) is 15.9. The highest BCUT2D eigenvalue weighted by Gasteiger charge is 2.52. The van der Waals surface area contributed by atoms with Gasteiger partial charge in [-0.3, -0.25) is 9.59 Å². The number of cyclic esters (lactones) is 1. The molecule has 256 valence electrons. The molecule has 2 aliphatic rings. The molecule has 0 bridgehead atoms. The van der Waals surface area contributed by atoms with Crippen molar-refractivity contribution in [1.82, 2.24) is 4.90 Å². The fraction of sp³-hybridized carbons (Fsp3) is 0.879. The molecule has 0 radical (unpaired) electrons. The van der Waals surface area contributed by atoms with Gasteiger partial charge in [-0.2, -0.15) is 0 Å². The molecule has 0 aromatic heterocycles. The summed E-state index contributed by atoms with van der Waals surface area (Å²) < 4.78 is 30.6. The highest BCUT2D eigenvalue weighted by atomic mass is 16.7. The number of rotatable bonds is 8. The van der Waals surface area contributed by atoms with Crippen LogP contribution in [0.3, 0.4) is 0 Å². The summed E-state index contributed by atoms with van der Waals surface area (Å²) in [5, 5.41) is 34.7. The van der Waals surface area contributed by atoms with E-state index in [1.165, 1.54) is 20.1 Å². The van der Waals surface area contributed by atoms with Crippen LogP contribution in [0.2, 0.25) is 0 Å². The monoisotopic (exact) mass is 629 g/mol. The number of aliphatic hydroxyl groups excluding tert-OH is 2. The third kappa shape index (κ3) is 8.47. The van der Waals surface area contributed by atoms with Crippen molar-refractivity contribution in [2.24, 2.45) is 23.7 Å². The van der Waals surface area contributed by atoms with Gasteiger partial charge in [0.2, 0.25) is 0 Å². The van der Waals surface area contributed by atoms with Crippen LogP contribution < -0.4 is 0 Å². The largest absolute Gasteiger partial charge is 0.459 e. The Morgan fingerprint density at radius 1 is 1.05 bits per heavy atom. The maximum atomic E-state index is 14.0. The standard InChI is InChI=1S/C33H59NO10/c1-13-15-41-29-20(5)25(35)18(3)17-32(8,40-12)28(44-31-27(37)23(34(10)11)16-19(4)42-31)21(6)26(36)22(7)30(38)43-24(14-2)33(29,9)39/h13,18-24,26-29,31,36-37,39H,1,14-17H2,2-12H3/t18-,19-,20+,21+,22-,23+,24-,26+,27-,28-,29-,31?,32+,33-/m1/s1. The minimum absolute atomic E-state index is 0.0750. The SMILES string of the molecule is C=CCO[C@@H]1[C@@H](C)C(=O)[C@H](C)C[C@](C)(OC)[C@H](OC2O[C@H](C)C[C@H](N(C)C)[C@H]2O)[C@@H](C)[C@H](O)[C@@H](C)C(=O)O[C@H](CC)[C@@]1(C)O. The third-order valence-electron chi connectivity index (χ3n) is 9.88. The number of likely N-dealkylation sites (N-methyl/N-ethyl adjacent to an activating group) is 1. The second-order valence-corrected chi connectivity index (χ2v) is 13.7. The molecule has 0 spiro atoms. The van der Waals surface area contributed by atoms with Gasteiger partial charge in [0.15, 0.2) is 6.29 Å². The number of ether oxygens (including phenoxy) is 5. The zero-order valence-electron chi connectivity index (χ0n) is 28.7. The number of aliphatic hydroxyl groups is 3. The molecular weight excluding hydrogens is 570 g/mol. The van der Waals surface area contributed by atoms with E-state index in [1.54, 1.807) is 41.5 Å². The first-order chi connectivity index (χ1) is 20.4. The van der Waals surface area contributed by atoms with Gasteiger partial charge in [0.1, 0.15) is 23.6 Å². The van der Waals surface area contributed by atoms with E-state index in [4.69, 9.17) is 23.7 Å². The van der Waals surface area contributed by atoms with Gasteiger partial charge in [-0.25, -0.2) is 0 Å². The lowest BCUT2D eigenvalue weighted by molar-refractivity contribution is -0.301. The number of carbonyl (C=O) groups is 2. The first-order valence-corrected chi connectivity index (χ1v) is 15.9. The molecular formula is C33H59NO10. The van der Waals surface area contributed by atoms with Gasteiger partial charge >= 0.3 is 5.97 Å². The van der Waals surface area contributed by atoms with Crippen LogP contribution in [-0.4, -0.2) is 120 Å². The van der Waals surface area contributed by atoms with Crippen LogP contribution in [0.1, 0.15) is 74.7 Å². The van der Waals surface area contributed by atoms with E-state index < -0.39 is 77.7 Å². The Morgan fingerprint density at radius 3 is 2.18 bits per heavy atom. The maximum absolute atomic E-state index is 14.0. The van der Waals surface area contributed by atoms with Crippen molar-refractivity contribution in [3.05, 3.63) is 12.7 Å². The summed E-state index contributed by atoms with van der Waals surface area (Å²) in [5.74, 6) is -4.03. The summed E-state index contributed by atoms with van der Waals surface area (Å²) in [4.78, 5) is 29.4. The fourth-order valence-corrected chi connectivity index (χ4v) is 7.06. The van der Waals surface area contributed by atoms with Gasteiger partial charge < -0.3 is 43.9 Å². The molecule has 2 saturated heterocycles. The Hall–Kier alpha value is -1.44. The molecule has 2 fully saturated rings. The fourth-order valence-electron chi connectivity index (χ4n) is 7.06. The number of carbonyl (C=O) groups excluding carboxylic acids is 2. The Kier molecular flexibility index (Phi) is 14.0. The van der Waals surface area contributed by atoms with Gasteiger partial charge in [0.05, 0.1) is 42.5 Å². The minimum atomic E-state index is -1.73. The van der Waals surface area contributed by atoms with Crippen LogP contribution in [0.25, 0.3) is 0 Å². The number of Topliss-reactive ketones (excluding diaryl/α,β-unsaturated/α-hetero) is 1. The van der Waals surface area contributed by atoms with Crippen molar-refractivity contribution in [3.8, 4) is 0 Å². The van der Waals surface area contributed by atoms with E-state index in [0.717, 1.165) is 0 Å². The molecule has 1 unspecified atom stereocenters. The quantitative estimate of drug-likeness (QED) is 0.269. The molecule has 2 rings (SSSR count).